The molecule has 0 spiro atoms. The Kier molecular flexibility index (Phi) is 10.4. The molecule has 2 aromatic carbocycles. The van der Waals surface area contributed by atoms with Gasteiger partial charge in [0.1, 0.15) is 34.6 Å². The van der Waals surface area contributed by atoms with E-state index in [1.54, 1.807) is 25.6 Å². The van der Waals surface area contributed by atoms with Crippen LogP contribution in [0, 0.1) is 5.92 Å². The van der Waals surface area contributed by atoms with Crippen molar-refractivity contribution in [2.24, 2.45) is 5.92 Å². The first-order valence-corrected chi connectivity index (χ1v) is 18.1. The highest BCUT2D eigenvalue weighted by molar-refractivity contribution is 5.96. The third-order valence-corrected chi connectivity index (χ3v) is 9.99. The van der Waals surface area contributed by atoms with Crippen LogP contribution in [-0.4, -0.2) is 92.7 Å². The van der Waals surface area contributed by atoms with Gasteiger partial charge in [-0.3, -0.25) is 9.59 Å². The number of carbonyl (C=O) groups is 4. The summed E-state index contributed by atoms with van der Waals surface area (Å²) in [5.41, 5.74) is 1.84. The van der Waals surface area contributed by atoms with Crippen LogP contribution in [0.5, 0.6) is 0 Å². The number of carboxylic acids is 1. The zero-order valence-corrected chi connectivity index (χ0v) is 30.5. The molecule has 3 aliphatic rings. The molecule has 1 aliphatic carbocycles. The van der Waals surface area contributed by atoms with Gasteiger partial charge in [-0.1, -0.05) is 67.5 Å². The molecule has 3 amide bonds. The van der Waals surface area contributed by atoms with Crippen molar-refractivity contribution >= 4 is 29.6 Å². The molecule has 13 heteroatoms. The molecule has 2 fully saturated rings. The molecule has 13 nitrogen and oxygen atoms in total. The van der Waals surface area contributed by atoms with Crippen LogP contribution in [0.4, 0.5) is 10.5 Å². The van der Waals surface area contributed by atoms with Crippen molar-refractivity contribution in [3.8, 4) is 22.5 Å². The van der Waals surface area contributed by atoms with E-state index in [0.29, 0.717) is 24.2 Å². The Labute approximate surface area is 304 Å². The first-order chi connectivity index (χ1) is 24.8. The Morgan fingerprint density at radius 1 is 0.981 bits per heavy atom. The Morgan fingerprint density at radius 2 is 1.65 bits per heavy atom. The molecule has 0 radical (unpaired) electrons. The molecule has 1 aromatic heterocycles. The van der Waals surface area contributed by atoms with Crippen LogP contribution in [0.25, 0.3) is 22.5 Å². The molecule has 3 aromatic rings. The van der Waals surface area contributed by atoms with Crippen molar-refractivity contribution < 1.29 is 29.0 Å². The van der Waals surface area contributed by atoms with Gasteiger partial charge in [-0.25, -0.2) is 9.59 Å². The number of benzene rings is 2. The number of ether oxygens (including phenoxy) is 1. The molecule has 52 heavy (non-hydrogen) atoms. The molecule has 1 saturated carbocycles. The predicted octanol–water partition coefficient (Wildman–Crippen LogP) is 5.19. The summed E-state index contributed by atoms with van der Waals surface area (Å²) in [4.78, 5) is 59.2. The summed E-state index contributed by atoms with van der Waals surface area (Å²) < 4.78 is 5.52. The Morgan fingerprint density at radius 3 is 2.29 bits per heavy atom. The maximum atomic E-state index is 14.5. The summed E-state index contributed by atoms with van der Waals surface area (Å²) in [6, 6.07) is 15.2. The number of allylic oxidation sites excluding steroid dienone is 1. The molecular weight excluding hydrogens is 662 g/mol. The van der Waals surface area contributed by atoms with E-state index < -0.39 is 53.1 Å². The number of anilines is 1. The monoisotopic (exact) mass is 711 g/mol. The second kappa shape index (κ2) is 14.8. The van der Waals surface area contributed by atoms with Gasteiger partial charge in [0, 0.05) is 49.8 Å². The number of alkyl carbamates (subject to hydrolysis) is 1. The SMILES string of the molecule is CN(C)c1ccc(-c2nn([C@@H]3C[C@H]4C(=O)N[C@]5(C(=O)O)C[C@H]5/C=C\CCCCC[C@H](NC(=O)OC(C)(C)C)C(=O)N4C3)nc2-c2ccccc2)cc1. The smallest absolute Gasteiger partial charge is 0.408 e. The molecule has 2 aliphatic heterocycles. The molecule has 5 atom stereocenters. The molecule has 0 unspecified atom stereocenters. The fraction of sp³-hybridized carbons (Fsp3) is 0.487. The first kappa shape index (κ1) is 36.6. The van der Waals surface area contributed by atoms with Crippen LogP contribution in [0.2, 0.25) is 0 Å². The summed E-state index contributed by atoms with van der Waals surface area (Å²) in [6.45, 7) is 5.32. The molecule has 6 rings (SSSR count). The fourth-order valence-corrected chi connectivity index (χ4v) is 7.08. The Hall–Kier alpha value is -5.20. The average Bonchev–Trinajstić information content (AvgIpc) is 3.40. The van der Waals surface area contributed by atoms with Gasteiger partial charge in [-0.15, -0.1) is 0 Å². The summed E-state index contributed by atoms with van der Waals surface area (Å²) in [6.07, 6.45) is 6.96. The van der Waals surface area contributed by atoms with Crippen molar-refractivity contribution in [2.45, 2.75) is 95.0 Å². The Balaban J connectivity index is 1.37. The quantitative estimate of drug-likeness (QED) is 0.293. The van der Waals surface area contributed by atoms with Crippen molar-refractivity contribution in [3.63, 3.8) is 0 Å². The number of aromatic nitrogens is 3. The van der Waals surface area contributed by atoms with Crippen LogP contribution < -0.4 is 15.5 Å². The zero-order chi connectivity index (χ0) is 37.2. The normalized spacial score (nSPS) is 25.8. The minimum Gasteiger partial charge on any atom is -0.479 e. The molecular formula is C39H49N7O6. The third kappa shape index (κ3) is 7.98. The first-order valence-electron chi connectivity index (χ1n) is 18.1. The van der Waals surface area contributed by atoms with Gasteiger partial charge in [0.2, 0.25) is 11.8 Å². The zero-order valence-electron chi connectivity index (χ0n) is 30.5. The maximum absolute atomic E-state index is 14.5. The van der Waals surface area contributed by atoms with Gasteiger partial charge in [0.25, 0.3) is 0 Å². The number of aliphatic carboxylic acids is 1. The van der Waals surface area contributed by atoms with Crippen LogP contribution in [-0.2, 0) is 19.1 Å². The number of fused-ring (bicyclic) bond motifs is 2. The topological polar surface area (TPSA) is 159 Å². The van der Waals surface area contributed by atoms with Gasteiger partial charge in [0.15, 0.2) is 0 Å². The van der Waals surface area contributed by atoms with E-state index in [4.69, 9.17) is 14.9 Å². The lowest BCUT2D eigenvalue weighted by atomic mass is 10.0. The van der Waals surface area contributed by atoms with Crippen LogP contribution in [0.1, 0.15) is 71.8 Å². The van der Waals surface area contributed by atoms with E-state index in [9.17, 15) is 24.3 Å². The molecule has 1 saturated heterocycles. The summed E-state index contributed by atoms with van der Waals surface area (Å²) in [5, 5.41) is 25.8. The number of hydrogen-bond donors (Lipinski definition) is 3. The molecule has 276 valence electrons. The highest BCUT2D eigenvalue weighted by Crippen LogP contribution is 2.45. The van der Waals surface area contributed by atoms with E-state index in [0.717, 1.165) is 36.1 Å². The lowest BCUT2D eigenvalue weighted by Gasteiger charge is -2.30. The standard InChI is InChI=1S/C39H49N7O6/c1-38(2,3)52-37(51)40-30-17-13-8-6-7-12-16-27-23-39(27,36(49)50)41-34(47)31-22-29(24-45(31)35(30)48)46-42-32(25-14-10-9-11-15-25)33(43-46)26-18-20-28(21-19-26)44(4)5/h9-12,14-16,18-21,27,29-31H,6-8,13,17,22-24H2,1-5H3,(H,40,51)(H,41,47)(H,49,50)/b16-12-/t27-,29-,30+,31+,39-/m1/s1. The van der Waals surface area contributed by atoms with Crippen LogP contribution >= 0.6 is 0 Å². The van der Waals surface area contributed by atoms with Gasteiger partial charge in [0.05, 0.1) is 6.04 Å². The van der Waals surface area contributed by atoms with Crippen molar-refractivity contribution in [1.82, 2.24) is 30.5 Å². The van der Waals surface area contributed by atoms with E-state index in [1.165, 1.54) is 4.90 Å². The van der Waals surface area contributed by atoms with E-state index in [2.05, 4.69) is 10.6 Å². The highest BCUT2D eigenvalue weighted by atomic mass is 16.6. The average molecular weight is 712 g/mol. The number of nitrogens with zero attached hydrogens (tertiary/aromatic N) is 5. The van der Waals surface area contributed by atoms with E-state index in [1.807, 2.05) is 85.7 Å². The number of nitrogens with one attached hydrogen (secondary N) is 2. The van der Waals surface area contributed by atoms with E-state index in [-0.39, 0.29) is 25.3 Å². The van der Waals surface area contributed by atoms with Gasteiger partial charge in [-0.2, -0.15) is 15.0 Å². The molecule has 3 N–H and O–H groups in total. The lowest BCUT2D eigenvalue weighted by Crippen LogP contribution is -2.56. The molecule has 3 heterocycles. The summed E-state index contributed by atoms with van der Waals surface area (Å²) >= 11 is 0. The van der Waals surface area contributed by atoms with Gasteiger partial charge in [-0.05, 0) is 58.6 Å². The number of rotatable bonds is 6. The van der Waals surface area contributed by atoms with Crippen molar-refractivity contribution in [1.29, 1.82) is 0 Å². The number of amides is 3. The van der Waals surface area contributed by atoms with Crippen LogP contribution in [0.3, 0.4) is 0 Å². The van der Waals surface area contributed by atoms with Crippen LogP contribution in [0.15, 0.2) is 66.7 Å². The predicted molar refractivity (Wildman–Crippen MR) is 196 cm³/mol. The maximum Gasteiger partial charge on any atom is 0.408 e. The minimum absolute atomic E-state index is 0.0781. The minimum atomic E-state index is -1.44. The third-order valence-electron chi connectivity index (χ3n) is 9.99. The summed E-state index contributed by atoms with van der Waals surface area (Å²) in [7, 11) is 3.95. The highest BCUT2D eigenvalue weighted by Gasteiger charge is 2.61. The largest absolute Gasteiger partial charge is 0.479 e. The lowest BCUT2D eigenvalue weighted by molar-refractivity contribution is -0.145. The van der Waals surface area contributed by atoms with Crippen molar-refractivity contribution in [2.75, 3.05) is 25.5 Å². The number of carboxylic acid groups (broad SMARTS) is 1. The van der Waals surface area contributed by atoms with Gasteiger partial charge >= 0.3 is 12.1 Å². The van der Waals surface area contributed by atoms with Gasteiger partial charge < -0.3 is 30.3 Å². The number of carbonyl (C=O) groups excluding carboxylic acids is 3. The molecule has 0 bridgehead atoms. The second-order valence-electron chi connectivity index (χ2n) is 15.3. The fourth-order valence-electron chi connectivity index (χ4n) is 7.08. The Bertz CT molecular complexity index is 1820. The number of hydrogen-bond acceptors (Lipinski definition) is 8. The van der Waals surface area contributed by atoms with Crippen molar-refractivity contribution in [3.05, 3.63) is 66.7 Å². The second-order valence-corrected chi connectivity index (χ2v) is 15.3. The summed E-state index contributed by atoms with van der Waals surface area (Å²) in [5.74, 6) is -2.45. The van der Waals surface area contributed by atoms with E-state index >= 15 is 0 Å².